The normalized spacial score (nSPS) is 20.7. The first-order valence-electron chi connectivity index (χ1n) is 8.40. The summed E-state index contributed by atoms with van der Waals surface area (Å²) in [5.41, 5.74) is 0.691. The van der Waals surface area contributed by atoms with Crippen LogP contribution in [-0.2, 0) is 0 Å². The summed E-state index contributed by atoms with van der Waals surface area (Å²) in [5.74, 6) is 0.964. The van der Waals surface area contributed by atoms with E-state index in [-0.39, 0.29) is 18.7 Å². The third-order valence-corrected chi connectivity index (χ3v) is 4.74. The molecule has 2 N–H and O–H groups in total. The quantitative estimate of drug-likeness (QED) is 0.895. The van der Waals surface area contributed by atoms with E-state index in [1.54, 1.807) is 4.90 Å². The van der Waals surface area contributed by atoms with Crippen molar-refractivity contribution in [1.29, 1.82) is 0 Å². The number of carbonyl (C=O) groups excluding carboxylic acids is 1. The summed E-state index contributed by atoms with van der Waals surface area (Å²) in [6.07, 6.45) is 6.09. The molecular formula is C17H22N2O4. The fourth-order valence-corrected chi connectivity index (χ4v) is 3.43. The highest BCUT2D eigenvalue weighted by atomic mass is 16.7. The van der Waals surface area contributed by atoms with Crippen LogP contribution in [0.4, 0.5) is 10.5 Å². The van der Waals surface area contributed by atoms with Crippen molar-refractivity contribution in [3.05, 3.63) is 18.2 Å². The van der Waals surface area contributed by atoms with Crippen molar-refractivity contribution >= 4 is 11.7 Å². The Kier molecular flexibility index (Phi) is 3.56. The number of aliphatic hydroxyl groups is 1. The van der Waals surface area contributed by atoms with Gasteiger partial charge in [-0.1, -0.05) is 0 Å². The third kappa shape index (κ3) is 2.83. The topological polar surface area (TPSA) is 71.0 Å². The van der Waals surface area contributed by atoms with Gasteiger partial charge >= 0.3 is 6.03 Å². The molecule has 23 heavy (non-hydrogen) atoms. The number of fused-ring (bicyclic) bond motifs is 1. The second-order valence-electron chi connectivity index (χ2n) is 6.56. The molecule has 6 nitrogen and oxygen atoms in total. The number of carbonyl (C=O) groups is 1. The van der Waals surface area contributed by atoms with E-state index >= 15 is 0 Å². The van der Waals surface area contributed by atoms with Gasteiger partial charge in [0.15, 0.2) is 11.5 Å². The molecule has 2 amide bonds. The number of nitrogens with one attached hydrogen (secondary N) is 1. The fraction of sp³-hybridized carbons (Fsp3) is 0.588. The van der Waals surface area contributed by atoms with E-state index in [2.05, 4.69) is 5.32 Å². The van der Waals surface area contributed by atoms with Crippen LogP contribution in [0.2, 0.25) is 0 Å². The lowest BCUT2D eigenvalue weighted by Crippen LogP contribution is -2.38. The smallest absolute Gasteiger partial charge is 0.322 e. The van der Waals surface area contributed by atoms with Gasteiger partial charge in [0, 0.05) is 37.2 Å². The zero-order valence-corrected chi connectivity index (χ0v) is 13.1. The molecule has 1 heterocycles. The van der Waals surface area contributed by atoms with Gasteiger partial charge in [0.2, 0.25) is 0 Å². The van der Waals surface area contributed by atoms with Crippen molar-refractivity contribution in [2.75, 3.05) is 18.5 Å². The number of urea groups is 1. The van der Waals surface area contributed by atoms with Crippen LogP contribution in [0.15, 0.2) is 18.2 Å². The van der Waals surface area contributed by atoms with Gasteiger partial charge < -0.3 is 24.8 Å². The van der Waals surface area contributed by atoms with E-state index in [1.807, 2.05) is 18.2 Å². The molecule has 0 saturated heterocycles. The van der Waals surface area contributed by atoms with Gasteiger partial charge in [-0.2, -0.15) is 0 Å². The second kappa shape index (κ2) is 5.60. The minimum atomic E-state index is -0.484. The Bertz CT molecular complexity index is 609. The zero-order chi connectivity index (χ0) is 15.9. The van der Waals surface area contributed by atoms with Crippen molar-refractivity contribution < 1.29 is 19.4 Å². The molecule has 4 rings (SSSR count). The standard InChI is InChI=1S/C17H22N2O4/c20-10-9-19(13-4-5-13)16(21)18-12-3-6-14-15(11-12)23-17(22-14)7-1-2-8-17/h3,6,11,13,20H,1-2,4-5,7-10H2,(H,18,21). The minimum Gasteiger partial charge on any atom is -0.448 e. The Morgan fingerprint density at radius 2 is 2.00 bits per heavy atom. The van der Waals surface area contributed by atoms with E-state index in [1.165, 1.54) is 0 Å². The molecule has 1 aromatic rings. The maximum atomic E-state index is 12.4. The number of anilines is 1. The monoisotopic (exact) mass is 318 g/mol. The SMILES string of the molecule is O=C(Nc1ccc2c(c1)OC1(CCCC1)O2)N(CCO)C1CC1. The third-order valence-electron chi connectivity index (χ3n) is 4.74. The van der Waals surface area contributed by atoms with Crippen molar-refractivity contribution in [1.82, 2.24) is 4.90 Å². The second-order valence-corrected chi connectivity index (χ2v) is 6.56. The summed E-state index contributed by atoms with van der Waals surface area (Å²) in [6.45, 7) is 0.345. The van der Waals surface area contributed by atoms with Crippen LogP contribution in [0.3, 0.4) is 0 Å². The van der Waals surface area contributed by atoms with E-state index in [0.29, 0.717) is 18.0 Å². The molecule has 0 radical (unpaired) electrons. The summed E-state index contributed by atoms with van der Waals surface area (Å²) in [5, 5.41) is 12.0. The summed E-state index contributed by atoms with van der Waals surface area (Å²) >= 11 is 0. The number of amides is 2. The molecule has 0 aromatic heterocycles. The van der Waals surface area contributed by atoms with Crippen LogP contribution < -0.4 is 14.8 Å². The Morgan fingerprint density at radius 1 is 1.26 bits per heavy atom. The molecule has 3 aliphatic rings. The van der Waals surface area contributed by atoms with Gasteiger partial charge in [-0.25, -0.2) is 4.79 Å². The minimum absolute atomic E-state index is 0.0203. The molecule has 2 fully saturated rings. The maximum absolute atomic E-state index is 12.4. The highest BCUT2D eigenvalue weighted by Gasteiger charge is 2.44. The van der Waals surface area contributed by atoms with Crippen molar-refractivity contribution in [2.24, 2.45) is 0 Å². The Hall–Kier alpha value is -1.95. The first kappa shape index (κ1) is 14.6. The molecule has 0 bridgehead atoms. The molecule has 1 aromatic carbocycles. The van der Waals surface area contributed by atoms with E-state index in [9.17, 15) is 4.79 Å². The predicted octanol–water partition coefficient (Wildman–Crippen LogP) is 2.72. The van der Waals surface area contributed by atoms with Gasteiger partial charge in [0.05, 0.1) is 6.61 Å². The van der Waals surface area contributed by atoms with Gasteiger partial charge in [0.25, 0.3) is 5.79 Å². The highest BCUT2D eigenvalue weighted by Crippen LogP contribution is 2.47. The fourth-order valence-electron chi connectivity index (χ4n) is 3.43. The molecule has 0 atom stereocenters. The average Bonchev–Trinajstić information content (AvgIpc) is 3.17. The maximum Gasteiger partial charge on any atom is 0.322 e. The summed E-state index contributed by atoms with van der Waals surface area (Å²) < 4.78 is 12.0. The number of hydrogen-bond acceptors (Lipinski definition) is 4. The van der Waals surface area contributed by atoms with Crippen molar-refractivity contribution in [2.45, 2.75) is 50.4 Å². The van der Waals surface area contributed by atoms with Gasteiger partial charge in [0.1, 0.15) is 0 Å². The van der Waals surface area contributed by atoms with Gasteiger partial charge in [-0.15, -0.1) is 0 Å². The Labute approximate surface area is 135 Å². The predicted molar refractivity (Wildman–Crippen MR) is 84.7 cm³/mol. The van der Waals surface area contributed by atoms with Crippen LogP contribution in [-0.4, -0.2) is 41.0 Å². The molecule has 2 aliphatic carbocycles. The summed E-state index contributed by atoms with van der Waals surface area (Å²) in [4.78, 5) is 14.1. The van der Waals surface area contributed by atoms with Crippen LogP contribution in [0.1, 0.15) is 38.5 Å². The lowest BCUT2D eigenvalue weighted by atomic mass is 10.2. The largest absolute Gasteiger partial charge is 0.448 e. The van der Waals surface area contributed by atoms with Crippen LogP contribution >= 0.6 is 0 Å². The van der Waals surface area contributed by atoms with Crippen LogP contribution in [0, 0.1) is 0 Å². The van der Waals surface area contributed by atoms with E-state index in [4.69, 9.17) is 14.6 Å². The Morgan fingerprint density at radius 3 is 2.70 bits per heavy atom. The molecule has 124 valence electrons. The van der Waals surface area contributed by atoms with Crippen molar-refractivity contribution in [3.63, 3.8) is 0 Å². The molecule has 2 saturated carbocycles. The van der Waals surface area contributed by atoms with Gasteiger partial charge in [-0.3, -0.25) is 0 Å². The number of benzene rings is 1. The van der Waals surface area contributed by atoms with Gasteiger partial charge in [-0.05, 0) is 37.8 Å². The van der Waals surface area contributed by atoms with Crippen LogP contribution in [0.25, 0.3) is 0 Å². The number of nitrogens with zero attached hydrogens (tertiary/aromatic N) is 1. The number of rotatable bonds is 4. The lowest BCUT2D eigenvalue weighted by Gasteiger charge is -2.22. The average molecular weight is 318 g/mol. The van der Waals surface area contributed by atoms with E-state index in [0.717, 1.165) is 44.3 Å². The zero-order valence-electron chi connectivity index (χ0n) is 13.1. The number of aliphatic hydroxyl groups excluding tert-OH is 1. The highest BCUT2D eigenvalue weighted by molar-refractivity contribution is 5.90. The molecular weight excluding hydrogens is 296 g/mol. The van der Waals surface area contributed by atoms with Crippen molar-refractivity contribution in [3.8, 4) is 11.5 Å². The number of ether oxygens (including phenoxy) is 2. The number of hydrogen-bond donors (Lipinski definition) is 2. The molecule has 0 unspecified atom stereocenters. The molecule has 1 spiro atoms. The lowest BCUT2D eigenvalue weighted by molar-refractivity contribution is -0.0716. The molecule has 1 aliphatic heterocycles. The summed E-state index contributed by atoms with van der Waals surface area (Å²) in [6, 6.07) is 5.60. The Balaban J connectivity index is 1.46. The summed E-state index contributed by atoms with van der Waals surface area (Å²) in [7, 11) is 0. The van der Waals surface area contributed by atoms with E-state index < -0.39 is 5.79 Å². The first-order valence-corrected chi connectivity index (χ1v) is 8.40. The van der Waals surface area contributed by atoms with Crippen LogP contribution in [0.5, 0.6) is 11.5 Å². The first-order chi connectivity index (χ1) is 11.2. The molecule has 6 heteroatoms.